The lowest BCUT2D eigenvalue weighted by Gasteiger charge is -2.13. The molecule has 0 aliphatic carbocycles. The first-order valence-electron chi connectivity index (χ1n) is 6.00. The summed E-state index contributed by atoms with van der Waals surface area (Å²) in [6.45, 7) is 3.39. The van der Waals surface area contributed by atoms with Gasteiger partial charge in [0.15, 0.2) is 0 Å². The van der Waals surface area contributed by atoms with Crippen molar-refractivity contribution >= 4 is 9.84 Å². The molecular weight excluding hydrogens is 255 g/mol. The SMILES string of the molecule is CCS(=O)(=O)CCCC(O)c1cc(F)ccc1C. The largest absolute Gasteiger partial charge is 0.388 e. The molecule has 0 bridgehead atoms. The van der Waals surface area contributed by atoms with E-state index in [1.54, 1.807) is 19.9 Å². The van der Waals surface area contributed by atoms with Crippen molar-refractivity contribution in [3.05, 3.63) is 35.1 Å². The number of halogens is 1. The van der Waals surface area contributed by atoms with E-state index in [0.717, 1.165) is 5.56 Å². The predicted octanol–water partition coefficient (Wildman–Crippen LogP) is 2.38. The molecule has 3 nitrogen and oxygen atoms in total. The highest BCUT2D eigenvalue weighted by atomic mass is 32.2. The molecular formula is C13H19FO3S. The molecule has 0 saturated carbocycles. The highest BCUT2D eigenvalue weighted by Gasteiger charge is 2.13. The van der Waals surface area contributed by atoms with Crippen molar-refractivity contribution < 1.29 is 17.9 Å². The number of hydrogen-bond donors (Lipinski definition) is 1. The predicted molar refractivity (Wildman–Crippen MR) is 69.7 cm³/mol. The monoisotopic (exact) mass is 274 g/mol. The minimum Gasteiger partial charge on any atom is -0.388 e. The van der Waals surface area contributed by atoms with E-state index >= 15 is 0 Å². The van der Waals surface area contributed by atoms with Crippen LogP contribution in [0.2, 0.25) is 0 Å². The summed E-state index contributed by atoms with van der Waals surface area (Å²) in [6.07, 6.45) is -0.107. The lowest BCUT2D eigenvalue weighted by molar-refractivity contribution is 0.165. The molecule has 0 spiro atoms. The van der Waals surface area contributed by atoms with Crippen LogP contribution in [0.5, 0.6) is 0 Å². The molecule has 1 rings (SSSR count). The number of benzene rings is 1. The Bertz CT molecular complexity index is 497. The van der Waals surface area contributed by atoms with E-state index in [0.29, 0.717) is 18.4 Å². The molecule has 0 amide bonds. The number of sulfone groups is 1. The van der Waals surface area contributed by atoms with E-state index in [4.69, 9.17) is 0 Å². The van der Waals surface area contributed by atoms with Crippen LogP contribution >= 0.6 is 0 Å². The quantitative estimate of drug-likeness (QED) is 0.866. The molecule has 0 aliphatic rings. The Morgan fingerprint density at radius 1 is 1.39 bits per heavy atom. The molecule has 0 aliphatic heterocycles. The molecule has 0 saturated heterocycles. The van der Waals surface area contributed by atoms with E-state index in [1.165, 1.54) is 12.1 Å². The summed E-state index contributed by atoms with van der Waals surface area (Å²) in [7, 11) is -3.00. The van der Waals surface area contributed by atoms with Crippen molar-refractivity contribution in [1.29, 1.82) is 0 Å². The molecule has 0 fully saturated rings. The molecule has 102 valence electrons. The van der Waals surface area contributed by atoms with Crippen molar-refractivity contribution in [2.45, 2.75) is 32.8 Å². The smallest absolute Gasteiger partial charge is 0.150 e. The maximum atomic E-state index is 13.1. The zero-order chi connectivity index (χ0) is 13.8. The molecule has 1 aromatic rings. The Balaban J connectivity index is 2.61. The van der Waals surface area contributed by atoms with E-state index in [2.05, 4.69) is 0 Å². The Hall–Kier alpha value is -0.940. The van der Waals surface area contributed by atoms with Gasteiger partial charge in [0, 0.05) is 5.75 Å². The lowest BCUT2D eigenvalue weighted by atomic mass is 10.0. The summed E-state index contributed by atoms with van der Waals surface area (Å²) in [5.41, 5.74) is 1.34. The first-order valence-corrected chi connectivity index (χ1v) is 7.82. The third kappa shape index (κ3) is 4.38. The highest BCUT2D eigenvalue weighted by molar-refractivity contribution is 7.91. The van der Waals surface area contributed by atoms with Gasteiger partial charge >= 0.3 is 0 Å². The minimum atomic E-state index is -3.00. The van der Waals surface area contributed by atoms with Gasteiger partial charge in [-0.3, -0.25) is 0 Å². The summed E-state index contributed by atoms with van der Waals surface area (Å²) in [4.78, 5) is 0. The average molecular weight is 274 g/mol. The molecule has 1 aromatic carbocycles. The number of aliphatic hydroxyl groups excluding tert-OH is 1. The standard InChI is InChI=1S/C13H19FO3S/c1-3-18(16,17)8-4-5-13(15)12-9-11(14)7-6-10(12)2/h6-7,9,13,15H,3-5,8H2,1-2H3. The van der Waals surface area contributed by atoms with Crippen molar-refractivity contribution in [1.82, 2.24) is 0 Å². The van der Waals surface area contributed by atoms with Crippen LogP contribution in [0.1, 0.15) is 37.0 Å². The lowest BCUT2D eigenvalue weighted by Crippen LogP contribution is -2.10. The average Bonchev–Trinajstić information content (AvgIpc) is 2.32. The Labute approximate surface area is 108 Å². The number of hydrogen-bond acceptors (Lipinski definition) is 3. The van der Waals surface area contributed by atoms with Crippen molar-refractivity contribution in [2.24, 2.45) is 0 Å². The maximum Gasteiger partial charge on any atom is 0.150 e. The van der Waals surface area contributed by atoms with Crippen LogP contribution < -0.4 is 0 Å². The fourth-order valence-corrected chi connectivity index (χ4v) is 2.66. The fraction of sp³-hybridized carbons (Fsp3) is 0.538. The van der Waals surface area contributed by atoms with Gasteiger partial charge in [-0.25, -0.2) is 12.8 Å². The number of rotatable bonds is 6. The molecule has 1 atom stereocenters. The summed E-state index contributed by atoms with van der Waals surface area (Å²) < 4.78 is 35.7. The number of aliphatic hydroxyl groups is 1. The molecule has 0 radical (unpaired) electrons. The maximum absolute atomic E-state index is 13.1. The second-order valence-electron chi connectivity index (χ2n) is 4.40. The molecule has 1 N–H and O–H groups in total. The third-order valence-electron chi connectivity index (χ3n) is 2.97. The Morgan fingerprint density at radius 2 is 2.06 bits per heavy atom. The van der Waals surface area contributed by atoms with E-state index in [1.807, 2.05) is 0 Å². The summed E-state index contributed by atoms with van der Waals surface area (Å²) in [5.74, 6) is -0.215. The van der Waals surface area contributed by atoms with Crippen LogP contribution in [0.15, 0.2) is 18.2 Å². The van der Waals surface area contributed by atoms with E-state index in [-0.39, 0.29) is 11.5 Å². The van der Waals surface area contributed by atoms with Gasteiger partial charge in [0.05, 0.1) is 11.9 Å². The third-order valence-corrected chi connectivity index (χ3v) is 4.76. The van der Waals surface area contributed by atoms with Gasteiger partial charge in [0.1, 0.15) is 15.7 Å². The topological polar surface area (TPSA) is 54.4 Å². The van der Waals surface area contributed by atoms with Gasteiger partial charge < -0.3 is 5.11 Å². The summed E-state index contributed by atoms with van der Waals surface area (Å²) in [5, 5.41) is 9.93. The molecule has 18 heavy (non-hydrogen) atoms. The minimum absolute atomic E-state index is 0.0644. The Morgan fingerprint density at radius 3 is 2.67 bits per heavy atom. The second-order valence-corrected chi connectivity index (χ2v) is 6.87. The van der Waals surface area contributed by atoms with Crippen LogP contribution in [0.25, 0.3) is 0 Å². The first kappa shape index (κ1) is 15.1. The first-order chi connectivity index (χ1) is 8.35. The number of aryl methyl sites for hydroxylation is 1. The molecule has 1 unspecified atom stereocenters. The zero-order valence-corrected chi connectivity index (χ0v) is 11.5. The Kier molecular flexibility index (Phi) is 5.28. The summed E-state index contributed by atoms with van der Waals surface area (Å²) >= 11 is 0. The van der Waals surface area contributed by atoms with Gasteiger partial charge in [0.25, 0.3) is 0 Å². The van der Waals surface area contributed by atoms with Crippen LogP contribution in [0.4, 0.5) is 4.39 Å². The van der Waals surface area contributed by atoms with Crippen molar-refractivity contribution in [3.8, 4) is 0 Å². The molecule has 0 heterocycles. The van der Waals surface area contributed by atoms with Gasteiger partial charge in [-0.05, 0) is 43.0 Å². The van der Waals surface area contributed by atoms with E-state index < -0.39 is 21.8 Å². The molecule has 0 aromatic heterocycles. The normalized spacial score (nSPS) is 13.6. The van der Waals surface area contributed by atoms with Crippen molar-refractivity contribution in [3.63, 3.8) is 0 Å². The zero-order valence-electron chi connectivity index (χ0n) is 10.7. The van der Waals surface area contributed by atoms with Crippen LogP contribution in [0, 0.1) is 12.7 Å². The highest BCUT2D eigenvalue weighted by Crippen LogP contribution is 2.23. The van der Waals surface area contributed by atoms with E-state index in [9.17, 15) is 17.9 Å². The van der Waals surface area contributed by atoms with Gasteiger partial charge in [-0.2, -0.15) is 0 Å². The fourth-order valence-electron chi connectivity index (χ4n) is 1.77. The van der Waals surface area contributed by atoms with Gasteiger partial charge in [0.2, 0.25) is 0 Å². The van der Waals surface area contributed by atoms with Crippen molar-refractivity contribution in [2.75, 3.05) is 11.5 Å². The van der Waals surface area contributed by atoms with Crippen LogP contribution in [-0.2, 0) is 9.84 Å². The van der Waals surface area contributed by atoms with Gasteiger partial charge in [-0.1, -0.05) is 13.0 Å². The molecule has 5 heteroatoms. The van der Waals surface area contributed by atoms with Crippen LogP contribution in [0.3, 0.4) is 0 Å². The van der Waals surface area contributed by atoms with Gasteiger partial charge in [-0.15, -0.1) is 0 Å². The summed E-state index contributed by atoms with van der Waals surface area (Å²) in [6, 6.07) is 4.25. The van der Waals surface area contributed by atoms with Crippen LogP contribution in [-0.4, -0.2) is 25.0 Å². The second kappa shape index (κ2) is 6.29.